The molecule has 44 heavy (non-hydrogen) atoms. The fourth-order valence-electron chi connectivity index (χ4n) is 6.24. The maximum atomic E-state index is 14.2. The molecule has 0 saturated carbocycles. The van der Waals surface area contributed by atoms with Crippen LogP contribution < -0.4 is 19.3 Å². The number of amides is 1. The Labute approximate surface area is 260 Å². The Morgan fingerprint density at radius 1 is 1.09 bits per heavy atom. The van der Waals surface area contributed by atoms with E-state index in [-0.39, 0.29) is 23.7 Å². The van der Waals surface area contributed by atoms with Crippen LogP contribution in [0, 0.1) is 18.3 Å². The third-order valence-corrected chi connectivity index (χ3v) is 8.51. The normalized spacial score (nSPS) is 16.8. The number of anilines is 2. The van der Waals surface area contributed by atoms with E-state index in [0.717, 1.165) is 61.3 Å². The third-order valence-electron chi connectivity index (χ3n) is 8.51. The summed E-state index contributed by atoms with van der Waals surface area (Å²) in [5, 5.41) is 9.28. The quantitative estimate of drug-likeness (QED) is 0.290. The standard InChI is InChI=1S/C35H44N4O5/c1-23-7-6-8-31(37-23)39(22-35(2,3)4)34(42)28-12-11-27(43-5)18-30(28)38-15-13-24(14-16-38)21-44-32-19-29-25(17-33(40)41)9-10-26(29)20-36-32/h6-8,11-12,18-20,24-25H,9-10,13-17,21-22H2,1-5H3,(H,40,41). The van der Waals surface area contributed by atoms with Gasteiger partial charge in [-0.25, -0.2) is 9.97 Å². The Balaban J connectivity index is 1.29. The molecule has 1 aromatic carbocycles. The number of carbonyl (C=O) groups is 2. The number of aliphatic carboxylic acids is 1. The minimum atomic E-state index is -0.775. The maximum Gasteiger partial charge on any atom is 0.303 e. The number of hydrogen-bond donors (Lipinski definition) is 1. The highest BCUT2D eigenvalue weighted by Crippen LogP contribution is 2.37. The zero-order valence-electron chi connectivity index (χ0n) is 26.5. The summed E-state index contributed by atoms with van der Waals surface area (Å²) < 4.78 is 11.7. The second kappa shape index (κ2) is 13.2. The molecule has 9 heteroatoms. The van der Waals surface area contributed by atoms with E-state index in [1.54, 1.807) is 12.0 Å². The number of benzene rings is 1. The molecule has 1 saturated heterocycles. The van der Waals surface area contributed by atoms with Crippen molar-refractivity contribution in [3.05, 3.63) is 71.0 Å². The van der Waals surface area contributed by atoms with Gasteiger partial charge in [0.2, 0.25) is 5.88 Å². The summed E-state index contributed by atoms with van der Waals surface area (Å²) in [5.74, 6) is 1.44. The Hall–Kier alpha value is -4.14. The number of ether oxygens (including phenoxy) is 2. The summed E-state index contributed by atoms with van der Waals surface area (Å²) in [6.45, 7) is 10.9. The molecule has 5 rings (SSSR count). The minimum Gasteiger partial charge on any atom is -0.497 e. The third kappa shape index (κ3) is 7.49. The molecule has 1 fully saturated rings. The van der Waals surface area contributed by atoms with Crippen LogP contribution >= 0.6 is 0 Å². The van der Waals surface area contributed by atoms with Crippen molar-refractivity contribution in [1.29, 1.82) is 0 Å². The number of carboxylic acid groups (broad SMARTS) is 1. The summed E-state index contributed by atoms with van der Waals surface area (Å²) in [4.78, 5) is 38.8. The topological polar surface area (TPSA) is 105 Å². The highest BCUT2D eigenvalue weighted by atomic mass is 16.5. The Kier molecular flexibility index (Phi) is 9.42. The molecule has 1 aliphatic heterocycles. The van der Waals surface area contributed by atoms with E-state index in [0.29, 0.717) is 42.1 Å². The van der Waals surface area contributed by atoms with Gasteiger partial charge in [-0.1, -0.05) is 26.8 Å². The van der Waals surface area contributed by atoms with Crippen molar-refractivity contribution >= 4 is 23.4 Å². The molecule has 0 spiro atoms. The fraction of sp³-hybridized carbons (Fsp3) is 0.486. The first-order valence-electron chi connectivity index (χ1n) is 15.5. The molecule has 1 unspecified atom stereocenters. The van der Waals surface area contributed by atoms with Crippen LogP contribution in [0.15, 0.2) is 48.7 Å². The first-order valence-corrected chi connectivity index (χ1v) is 15.5. The van der Waals surface area contributed by atoms with Gasteiger partial charge in [-0.2, -0.15) is 0 Å². The van der Waals surface area contributed by atoms with Gasteiger partial charge in [-0.15, -0.1) is 0 Å². The summed E-state index contributed by atoms with van der Waals surface area (Å²) >= 11 is 0. The molecule has 1 atom stereocenters. The molecule has 0 bridgehead atoms. The zero-order chi connectivity index (χ0) is 31.4. The largest absolute Gasteiger partial charge is 0.497 e. The van der Waals surface area contributed by atoms with Gasteiger partial charge < -0.3 is 19.5 Å². The van der Waals surface area contributed by atoms with Gasteiger partial charge >= 0.3 is 5.97 Å². The van der Waals surface area contributed by atoms with Gasteiger partial charge in [-0.05, 0) is 85.3 Å². The molecule has 1 aliphatic carbocycles. The molecule has 234 valence electrons. The lowest BCUT2D eigenvalue weighted by Gasteiger charge is -2.36. The lowest BCUT2D eigenvalue weighted by Crippen LogP contribution is -2.41. The van der Waals surface area contributed by atoms with Gasteiger partial charge in [0.15, 0.2) is 0 Å². The van der Waals surface area contributed by atoms with Crippen molar-refractivity contribution in [2.24, 2.45) is 11.3 Å². The molecule has 3 aromatic rings. The van der Waals surface area contributed by atoms with Crippen molar-refractivity contribution in [1.82, 2.24) is 9.97 Å². The number of piperidine rings is 1. The number of methoxy groups -OCH3 is 1. The van der Waals surface area contributed by atoms with Gasteiger partial charge in [0.25, 0.3) is 5.91 Å². The van der Waals surface area contributed by atoms with Crippen molar-refractivity contribution in [2.45, 2.75) is 65.7 Å². The Bertz CT molecular complexity index is 1490. The van der Waals surface area contributed by atoms with Crippen LogP contribution in [0.5, 0.6) is 11.6 Å². The van der Waals surface area contributed by atoms with E-state index >= 15 is 0 Å². The second-order valence-corrected chi connectivity index (χ2v) is 13.3. The Morgan fingerprint density at radius 3 is 2.55 bits per heavy atom. The van der Waals surface area contributed by atoms with Crippen LogP contribution in [0.1, 0.15) is 79.6 Å². The number of pyridine rings is 2. The van der Waals surface area contributed by atoms with E-state index in [2.05, 4.69) is 30.7 Å². The van der Waals surface area contributed by atoms with E-state index in [1.165, 1.54) is 0 Å². The number of rotatable bonds is 10. The molecule has 3 heterocycles. The van der Waals surface area contributed by atoms with Crippen molar-refractivity contribution in [2.75, 3.05) is 43.2 Å². The van der Waals surface area contributed by atoms with Crippen molar-refractivity contribution < 1.29 is 24.2 Å². The van der Waals surface area contributed by atoms with Crippen LogP contribution in [-0.4, -0.2) is 60.3 Å². The number of nitrogens with zero attached hydrogens (tertiary/aromatic N) is 4. The first-order chi connectivity index (χ1) is 21.0. The van der Waals surface area contributed by atoms with Crippen LogP contribution in [0.2, 0.25) is 0 Å². The number of hydrogen-bond acceptors (Lipinski definition) is 7. The van der Waals surface area contributed by atoms with Gasteiger partial charge in [-0.3, -0.25) is 14.5 Å². The van der Waals surface area contributed by atoms with Crippen molar-refractivity contribution in [3.8, 4) is 11.6 Å². The first kappa shape index (κ1) is 31.3. The van der Waals surface area contributed by atoms with Crippen LogP contribution in [0.3, 0.4) is 0 Å². The number of fused-ring (bicyclic) bond motifs is 1. The van der Waals surface area contributed by atoms with Gasteiger partial charge in [0.1, 0.15) is 11.6 Å². The smallest absolute Gasteiger partial charge is 0.303 e. The van der Waals surface area contributed by atoms with E-state index in [9.17, 15) is 14.7 Å². The molecule has 2 aliphatic rings. The number of aromatic nitrogens is 2. The number of aryl methyl sites for hydroxylation is 2. The summed E-state index contributed by atoms with van der Waals surface area (Å²) in [6.07, 6.45) is 5.49. The monoisotopic (exact) mass is 600 g/mol. The van der Waals surface area contributed by atoms with Gasteiger partial charge in [0, 0.05) is 43.7 Å². The number of carboxylic acids is 1. The molecular formula is C35H44N4O5. The molecule has 1 N–H and O–H groups in total. The molecule has 2 aromatic heterocycles. The van der Waals surface area contributed by atoms with E-state index in [4.69, 9.17) is 14.5 Å². The highest BCUT2D eigenvalue weighted by molar-refractivity contribution is 6.09. The van der Waals surface area contributed by atoms with Crippen molar-refractivity contribution in [3.63, 3.8) is 0 Å². The molecule has 1 amide bonds. The van der Waals surface area contributed by atoms with Crippen LogP contribution in [0.4, 0.5) is 11.5 Å². The highest BCUT2D eigenvalue weighted by Gasteiger charge is 2.30. The average molecular weight is 601 g/mol. The van der Waals surface area contributed by atoms with Crippen LogP contribution in [0.25, 0.3) is 0 Å². The molecular weight excluding hydrogens is 556 g/mol. The minimum absolute atomic E-state index is 0.0249. The summed E-state index contributed by atoms with van der Waals surface area (Å²) in [6, 6.07) is 13.4. The van der Waals surface area contributed by atoms with Gasteiger partial charge in [0.05, 0.1) is 31.4 Å². The predicted molar refractivity (Wildman–Crippen MR) is 171 cm³/mol. The zero-order valence-corrected chi connectivity index (χ0v) is 26.5. The lowest BCUT2D eigenvalue weighted by molar-refractivity contribution is -0.137. The average Bonchev–Trinajstić information content (AvgIpc) is 3.39. The fourth-order valence-corrected chi connectivity index (χ4v) is 6.24. The van der Waals surface area contributed by atoms with E-state index in [1.807, 2.05) is 55.6 Å². The Morgan fingerprint density at radius 2 is 1.86 bits per heavy atom. The lowest BCUT2D eigenvalue weighted by atomic mass is 9.94. The summed E-state index contributed by atoms with van der Waals surface area (Å²) in [7, 11) is 1.64. The number of carbonyl (C=O) groups excluding carboxylic acids is 1. The molecule has 9 nitrogen and oxygen atoms in total. The second-order valence-electron chi connectivity index (χ2n) is 13.3. The maximum absolute atomic E-state index is 14.2. The van der Waals surface area contributed by atoms with E-state index < -0.39 is 5.97 Å². The molecule has 0 radical (unpaired) electrons. The SMILES string of the molecule is COc1ccc(C(=O)N(CC(C)(C)C)c2cccc(C)n2)c(N2CCC(COc3cc4c(cn3)CCC4CC(=O)O)CC2)c1. The predicted octanol–water partition coefficient (Wildman–Crippen LogP) is 6.29. The summed E-state index contributed by atoms with van der Waals surface area (Å²) in [5.41, 5.74) is 4.42. The van der Waals surface area contributed by atoms with Crippen LogP contribution in [-0.2, 0) is 11.2 Å².